The van der Waals surface area contributed by atoms with Crippen molar-refractivity contribution < 1.29 is 19.1 Å². The topological polar surface area (TPSA) is 55.8 Å². The van der Waals surface area contributed by atoms with Crippen molar-refractivity contribution in [2.75, 3.05) is 18.6 Å². The number of aryl methyl sites for hydroxylation is 1. The number of hydrogen-bond acceptors (Lipinski definition) is 4. The molecule has 28 heavy (non-hydrogen) atoms. The predicted octanol–water partition coefficient (Wildman–Crippen LogP) is 4.27. The Morgan fingerprint density at radius 2 is 1.75 bits per heavy atom. The molecule has 0 saturated heterocycles. The highest BCUT2D eigenvalue weighted by molar-refractivity contribution is 6.23. The van der Waals surface area contributed by atoms with Crippen LogP contribution in [0.1, 0.15) is 25.0 Å². The third-order valence-electron chi connectivity index (χ3n) is 4.61. The van der Waals surface area contributed by atoms with Crippen LogP contribution in [0.3, 0.4) is 0 Å². The van der Waals surface area contributed by atoms with Gasteiger partial charge in [0.15, 0.2) is 0 Å². The van der Waals surface area contributed by atoms with Crippen LogP contribution in [0.25, 0.3) is 6.08 Å². The smallest absolute Gasteiger partial charge is 0.340 e. The summed E-state index contributed by atoms with van der Waals surface area (Å²) in [5.41, 5.74) is 3.63. The maximum atomic E-state index is 13.3. The summed E-state index contributed by atoms with van der Waals surface area (Å²) in [6, 6.07) is 15.0. The molecule has 0 unspecified atom stereocenters. The Bertz CT molecular complexity index is 970. The lowest BCUT2D eigenvalue weighted by Crippen LogP contribution is -2.24. The van der Waals surface area contributed by atoms with E-state index in [2.05, 4.69) is 0 Å². The largest absolute Gasteiger partial charge is 0.496 e. The molecule has 0 radical (unpaired) electrons. The van der Waals surface area contributed by atoms with Gasteiger partial charge in [0.2, 0.25) is 0 Å². The highest BCUT2D eigenvalue weighted by atomic mass is 16.5. The Balaban J connectivity index is 2.15. The summed E-state index contributed by atoms with van der Waals surface area (Å²) in [6.45, 7) is 5.71. The number of carbonyl (C=O) groups excluding carboxylic acids is 2. The van der Waals surface area contributed by atoms with Crippen LogP contribution in [-0.2, 0) is 14.3 Å². The molecule has 0 N–H and O–H groups in total. The second kappa shape index (κ2) is 8.13. The molecule has 3 rings (SSSR count). The standard InChI is InChI=1S/C23H23NO4/c1-5-28-23(26)21-16(3)24(18-12-10-15(2)11-13-18)22(25)19(21)14-17-8-6-7-9-20(17)27-4/h6-14H,5H2,1-4H3. The van der Waals surface area contributed by atoms with Gasteiger partial charge in [-0.1, -0.05) is 35.9 Å². The summed E-state index contributed by atoms with van der Waals surface area (Å²) < 4.78 is 10.6. The first kappa shape index (κ1) is 19.4. The molecule has 2 aromatic rings. The lowest BCUT2D eigenvalue weighted by molar-refractivity contribution is -0.138. The quantitative estimate of drug-likeness (QED) is 0.577. The van der Waals surface area contributed by atoms with Crippen molar-refractivity contribution in [2.24, 2.45) is 0 Å². The highest BCUT2D eigenvalue weighted by Gasteiger charge is 2.38. The van der Waals surface area contributed by atoms with E-state index in [0.29, 0.717) is 28.3 Å². The maximum Gasteiger partial charge on any atom is 0.340 e. The molecule has 0 fully saturated rings. The monoisotopic (exact) mass is 377 g/mol. The SMILES string of the molecule is CCOC(=O)C1=C(C)N(c2ccc(C)cc2)C(=O)C1=Cc1ccccc1OC. The van der Waals surface area contributed by atoms with Crippen LogP contribution in [0.5, 0.6) is 5.75 Å². The van der Waals surface area contributed by atoms with Gasteiger partial charge >= 0.3 is 5.97 Å². The van der Waals surface area contributed by atoms with Crippen LogP contribution in [0.2, 0.25) is 0 Å². The van der Waals surface area contributed by atoms with Crippen LogP contribution in [0.15, 0.2) is 65.4 Å². The summed E-state index contributed by atoms with van der Waals surface area (Å²) in [5, 5.41) is 0. The van der Waals surface area contributed by atoms with Crippen molar-refractivity contribution in [3.05, 3.63) is 76.5 Å². The number of nitrogens with zero attached hydrogens (tertiary/aromatic N) is 1. The molecule has 2 aromatic carbocycles. The molecular formula is C23H23NO4. The van der Waals surface area contributed by atoms with E-state index in [0.717, 1.165) is 5.56 Å². The van der Waals surface area contributed by atoms with Crippen LogP contribution in [-0.4, -0.2) is 25.6 Å². The fourth-order valence-corrected chi connectivity index (χ4v) is 3.23. The van der Waals surface area contributed by atoms with Gasteiger partial charge in [-0.05, 0) is 45.0 Å². The first-order chi connectivity index (χ1) is 13.5. The number of para-hydroxylation sites is 1. The lowest BCUT2D eigenvalue weighted by atomic mass is 10.0. The zero-order chi connectivity index (χ0) is 20.3. The van der Waals surface area contributed by atoms with Crippen LogP contribution < -0.4 is 9.64 Å². The average molecular weight is 377 g/mol. The van der Waals surface area contributed by atoms with Crippen molar-refractivity contribution >= 4 is 23.6 Å². The van der Waals surface area contributed by atoms with Gasteiger partial charge < -0.3 is 9.47 Å². The van der Waals surface area contributed by atoms with Gasteiger partial charge in [-0.25, -0.2) is 4.79 Å². The van der Waals surface area contributed by atoms with Crippen LogP contribution in [0.4, 0.5) is 5.69 Å². The molecule has 5 heteroatoms. The van der Waals surface area contributed by atoms with E-state index in [-0.39, 0.29) is 18.1 Å². The molecule has 0 aromatic heterocycles. The van der Waals surface area contributed by atoms with Crippen molar-refractivity contribution in [2.45, 2.75) is 20.8 Å². The second-order valence-corrected chi connectivity index (χ2v) is 6.46. The van der Waals surface area contributed by atoms with E-state index in [1.807, 2.05) is 55.5 Å². The van der Waals surface area contributed by atoms with E-state index in [9.17, 15) is 9.59 Å². The fourth-order valence-electron chi connectivity index (χ4n) is 3.23. The minimum absolute atomic E-state index is 0.232. The third-order valence-corrected chi connectivity index (χ3v) is 4.61. The van der Waals surface area contributed by atoms with Crippen molar-refractivity contribution in [3.63, 3.8) is 0 Å². The molecule has 1 heterocycles. The van der Waals surface area contributed by atoms with Gasteiger partial charge in [-0.15, -0.1) is 0 Å². The number of hydrogen-bond donors (Lipinski definition) is 0. The van der Waals surface area contributed by atoms with E-state index < -0.39 is 5.97 Å². The van der Waals surface area contributed by atoms with Crippen molar-refractivity contribution in [1.29, 1.82) is 0 Å². The summed E-state index contributed by atoms with van der Waals surface area (Å²) in [6.07, 6.45) is 1.69. The number of methoxy groups -OCH3 is 1. The summed E-state index contributed by atoms with van der Waals surface area (Å²) in [7, 11) is 1.57. The Morgan fingerprint density at radius 3 is 2.39 bits per heavy atom. The highest BCUT2D eigenvalue weighted by Crippen LogP contribution is 2.36. The van der Waals surface area contributed by atoms with Crippen molar-refractivity contribution in [1.82, 2.24) is 0 Å². The predicted molar refractivity (Wildman–Crippen MR) is 109 cm³/mol. The number of ether oxygens (including phenoxy) is 2. The first-order valence-electron chi connectivity index (χ1n) is 9.12. The summed E-state index contributed by atoms with van der Waals surface area (Å²) in [4.78, 5) is 27.5. The van der Waals surface area contributed by atoms with Gasteiger partial charge in [0.1, 0.15) is 5.75 Å². The van der Waals surface area contributed by atoms with E-state index >= 15 is 0 Å². The number of amides is 1. The molecule has 0 saturated carbocycles. The van der Waals surface area contributed by atoms with E-state index in [1.54, 1.807) is 31.9 Å². The van der Waals surface area contributed by atoms with Gasteiger partial charge in [0.25, 0.3) is 5.91 Å². The number of allylic oxidation sites excluding steroid dienone is 1. The van der Waals surface area contributed by atoms with Crippen LogP contribution in [0, 0.1) is 6.92 Å². The molecule has 1 aliphatic rings. The summed E-state index contributed by atoms with van der Waals surface area (Å²) in [5.74, 6) is -0.156. The Morgan fingerprint density at radius 1 is 1.07 bits per heavy atom. The van der Waals surface area contributed by atoms with Gasteiger partial charge in [-0.2, -0.15) is 0 Å². The number of esters is 1. The Hall–Kier alpha value is -3.34. The third kappa shape index (κ3) is 3.56. The number of rotatable bonds is 5. The van der Waals surface area contributed by atoms with Gasteiger partial charge in [0, 0.05) is 16.9 Å². The number of carbonyl (C=O) groups is 2. The fraction of sp³-hybridized carbons (Fsp3) is 0.217. The minimum Gasteiger partial charge on any atom is -0.496 e. The minimum atomic E-state index is -0.510. The van der Waals surface area contributed by atoms with Crippen LogP contribution >= 0.6 is 0 Å². The zero-order valence-corrected chi connectivity index (χ0v) is 16.5. The maximum absolute atomic E-state index is 13.3. The molecule has 0 atom stereocenters. The molecule has 0 spiro atoms. The normalized spacial score (nSPS) is 15.4. The molecule has 5 nitrogen and oxygen atoms in total. The summed E-state index contributed by atoms with van der Waals surface area (Å²) >= 11 is 0. The first-order valence-corrected chi connectivity index (χ1v) is 9.12. The molecule has 144 valence electrons. The average Bonchev–Trinajstić information content (AvgIpc) is 2.93. The lowest BCUT2D eigenvalue weighted by Gasteiger charge is -2.18. The van der Waals surface area contributed by atoms with Gasteiger partial charge in [-0.3, -0.25) is 9.69 Å². The molecule has 0 aliphatic carbocycles. The Labute approximate surface area is 164 Å². The molecular weight excluding hydrogens is 354 g/mol. The van der Waals surface area contributed by atoms with E-state index in [4.69, 9.17) is 9.47 Å². The molecule has 1 aliphatic heterocycles. The zero-order valence-electron chi connectivity index (χ0n) is 16.5. The van der Waals surface area contributed by atoms with Gasteiger partial charge in [0.05, 0.1) is 24.9 Å². The number of anilines is 1. The van der Waals surface area contributed by atoms with Crippen molar-refractivity contribution in [3.8, 4) is 5.75 Å². The molecule has 0 bridgehead atoms. The number of benzene rings is 2. The van der Waals surface area contributed by atoms with E-state index in [1.165, 1.54) is 0 Å². The Kier molecular flexibility index (Phi) is 5.64. The molecule has 1 amide bonds. The second-order valence-electron chi connectivity index (χ2n) is 6.46.